The van der Waals surface area contributed by atoms with Crippen LogP contribution < -0.4 is 5.32 Å². The van der Waals surface area contributed by atoms with Crippen molar-refractivity contribution in [2.24, 2.45) is 5.92 Å². The summed E-state index contributed by atoms with van der Waals surface area (Å²) in [6, 6.07) is 14.7. The number of unbranched alkanes of at least 4 members (excludes halogenated alkanes) is 2. The van der Waals surface area contributed by atoms with Gasteiger partial charge in [0.05, 0.1) is 23.9 Å². The molecule has 1 aromatic heterocycles. The predicted octanol–water partition coefficient (Wildman–Crippen LogP) is 6.69. The fourth-order valence-corrected chi connectivity index (χ4v) is 6.98. The maximum absolute atomic E-state index is 14.5. The third kappa shape index (κ3) is 8.30. The topological polar surface area (TPSA) is 108 Å². The Morgan fingerprint density at radius 2 is 1.66 bits per heavy atom. The van der Waals surface area contributed by atoms with E-state index in [1.807, 2.05) is 36.1 Å². The quantitative estimate of drug-likeness (QED) is 0.216. The molecule has 1 fully saturated rings. The smallest absolute Gasteiger partial charge is 0.274 e. The number of aliphatic hydroxyl groups is 1. The first-order valence-electron chi connectivity index (χ1n) is 17.6. The van der Waals surface area contributed by atoms with E-state index in [2.05, 4.69) is 19.2 Å². The Kier molecular flexibility index (Phi) is 11.9. The van der Waals surface area contributed by atoms with Gasteiger partial charge in [0.15, 0.2) is 5.69 Å². The summed E-state index contributed by atoms with van der Waals surface area (Å²) in [5.74, 6) is -0.0289. The van der Waals surface area contributed by atoms with Gasteiger partial charge in [-0.2, -0.15) is 5.10 Å². The number of anilines is 1. The number of amides is 3. The summed E-state index contributed by atoms with van der Waals surface area (Å²) in [6.45, 7) is 7.67. The van der Waals surface area contributed by atoms with Crippen LogP contribution in [0, 0.1) is 12.8 Å². The highest BCUT2D eigenvalue weighted by molar-refractivity contribution is 6.01. The highest BCUT2D eigenvalue weighted by atomic mass is 16.3. The van der Waals surface area contributed by atoms with E-state index in [9.17, 15) is 19.5 Å². The predicted molar refractivity (Wildman–Crippen MR) is 185 cm³/mol. The van der Waals surface area contributed by atoms with Crippen molar-refractivity contribution in [3.8, 4) is 5.69 Å². The van der Waals surface area contributed by atoms with Gasteiger partial charge in [-0.05, 0) is 80.3 Å². The number of hydrogen-bond acceptors (Lipinski definition) is 5. The zero-order chi connectivity index (χ0) is 33.3. The molecule has 3 amide bonds. The molecule has 1 atom stereocenters. The van der Waals surface area contributed by atoms with Crippen LogP contribution in [0.3, 0.4) is 0 Å². The molecule has 2 heterocycles. The third-order valence-corrected chi connectivity index (χ3v) is 9.72. The first-order chi connectivity index (χ1) is 22.8. The molecule has 2 aromatic carbocycles. The van der Waals surface area contributed by atoms with Gasteiger partial charge < -0.3 is 20.2 Å². The lowest BCUT2D eigenvalue weighted by atomic mass is 9.87. The molecule has 1 unspecified atom stereocenters. The number of hydrogen-bond donors (Lipinski definition) is 2. The van der Waals surface area contributed by atoms with Gasteiger partial charge >= 0.3 is 0 Å². The molecule has 0 spiro atoms. The van der Waals surface area contributed by atoms with Gasteiger partial charge in [-0.1, -0.05) is 70.2 Å². The number of carbonyl (C=O) groups excluding carboxylic acids is 3. The zero-order valence-electron chi connectivity index (χ0n) is 28.3. The second-order valence-corrected chi connectivity index (χ2v) is 13.3. The van der Waals surface area contributed by atoms with E-state index in [0.29, 0.717) is 61.0 Å². The molecule has 47 heavy (non-hydrogen) atoms. The number of rotatable bonds is 13. The monoisotopic (exact) mass is 641 g/mol. The van der Waals surface area contributed by atoms with E-state index >= 15 is 0 Å². The van der Waals surface area contributed by atoms with Crippen LogP contribution in [0.1, 0.15) is 116 Å². The van der Waals surface area contributed by atoms with Gasteiger partial charge in [-0.15, -0.1) is 0 Å². The van der Waals surface area contributed by atoms with Crippen molar-refractivity contribution in [1.82, 2.24) is 19.6 Å². The largest absolute Gasteiger partial charge is 0.394 e. The molecule has 1 aliphatic heterocycles. The molecule has 252 valence electrons. The number of benzene rings is 2. The van der Waals surface area contributed by atoms with Crippen LogP contribution in [0.5, 0.6) is 0 Å². The number of carbonyl (C=O) groups is 3. The molecule has 1 aliphatic carbocycles. The van der Waals surface area contributed by atoms with Gasteiger partial charge in [-0.3, -0.25) is 14.4 Å². The first-order valence-corrected chi connectivity index (χ1v) is 17.6. The van der Waals surface area contributed by atoms with Gasteiger partial charge in [0.2, 0.25) is 5.91 Å². The Bertz CT molecular complexity index is 1530. The van der Waals surface area contributed by atoms with E-state index < -0.39 is 6.04 Å². The van der Waals surface area contributed by atoms with Gasteiger partial charge in [0.25, 0.3) is 11.8 Å². The van der Waals surface area contributed by atoms with Crippen molar-refractivity contribution in [1.29, 1.82) is 0 Å². The molecule has 0 bridgehead atoms. The van der Waals surface area contributed by atoms with Crippen LogP contribution in [0.2, 0.25) is 0 Å². The minimum absolute atomic E-state index is 0.0504. The van der Waals surface area contributed by atoms with Crippen molar-refractivity contribution in [2.45, 2.75) is 104 Å². The SMILES string of the molecule is CCCCN(CCCC)C(=O)c1cc(C)n(-c2ccc(NC(=O)CC3CCCCC3)cc2C(=O)N2Cc3ccccc3CC2CO)n1. The summed E-state index contributed by atoms with van der Waals surface area (Å²) in [5, 5.41) is 18.2. The molecule has 9 heteroatoms. The molecule has 1 saturated carbocycles. The number of aryl methyl sites for hydroxylation is 1. The van der Waals surface area contributed by atoms with Crippen molar-refractivity contribution >= 4 is 23.4 Å². The molecular formula is C38H51N5O4. The summed E-state index contributed by atoms with van der Waals surface area (Å²) in [4.78, 5) is 44.9. The molecule has 0 radical (unpaired) electrons. The number of aliphatic hydroxyl groups excluding tert-OH is 1. The van der Waals surface area contributed by atoms with Gasteiger partial charge in [-0.25, -0.2) is 4.68 Å². The summed E-state index contributed by atoms with van der Waals surface area (Å²) >= 11 is 0. The number of nitrogens with zero attached hydrogens (tertiary/aromatic N) is 4. The Morgan fingerprint density at radius 3 is 2.34 bits per heavy atom. The fourth-order valence-electron chi connectivity index (χ4n) is 6.98. The zero-order valence-corrected chi connectivity index (χ0v) is 28.3. The van der Waals surface area contributed by atoms with Crippen molar-refractivity contribution < 1.29 is 19.5 Å². The molecule has 0 saturated heterocycles. The van der Waals surface area contributed by atoms with Crippen LogP contribution in [-0.4, -0.2) is 68.1 Å². The summed E-state index contributed by atoms with van der Waals surface area (Å²) in [5.41, 5.74) is 4.68. The van der Waals surface area contributed by atoms with Crippen LogP contribution in [0.4, 0.5) is 5.69 Å². The highest BCUT2D eigenvalue weighted by Gasteiger charge is 2.32. The second-order valence-electron chi connectivity index (χ2n) is 13.3. The first kappa shape index (κ1) is 34.4. The van der Waals surface area contributed by atoms with E-state index in [4.69, 9.17) is 5.10 Å². The summed E-state index contributed by atoms with van der Waals surface area (Å²) in [7, 11) is 0. The van der Waals surface area contributed by atoms with Crippen molar-refractivity contribution in [3.05, 3.63) is 76.6 Å². The van der Waals surface area contributed by atoms with E-state index in [-0.39, 0.29) is 24.3 Å². The minimum Gasteiger partial charge on any atom is -0.394 e. The molecular weight excluding hydrogens is 590 g/mol. The normalized spacial score (nSPS) is 16.5. The Hall–Kier alpha value is -3.98. The average molecular weight is 642 g/mol. The standard InChI is InChI=1S/C38H51N5O4/c1-4-6-19-41(20-7-5-2)38(47)34-21-27(3)43(40-34)35-18-17-31(39-36(45)22-28-13-9-8-10-14-28)24-33(35)37(46)42-25-30-16-12-11-15-29(30)23-32(42)26-44/h11-12,15-18,21,24,28,32,44H,4-10,13-14,19-20,22-23,25-26H2,1-3H3,(H,39,45). The van der Waals surface area contributed by atoms with Gasteiger partial charge in [0.1, 0.15) is 0 Å². The number of fused-ring (bicyclic) bond motifs is 1. The second kappa shape index (κ2) is 16.2. The van der Waals surface area contributed by atoms with E-state index in [0.717, 1.165) is 55.3 Å². The lowest BCUT2D eigenvalue weighted by Crippen LogP contribution is -2.46. The van der Waals surface area contributed by atoms with Crippen molar-refractivity contribution in [2.75, 3.05) is 25.0 Å². The van der Waals surface area contributed by atoms with Crippen molar-refractivity contribution in [3.63, 3.8) is 0 Å². The minimum atomic E-state index is -0.392. The fraction of sp³-hybridized carbons (Fsp3) is 0.526. The van der Waals surface area contributed by atoms with E-state index in [1.165, 1.54) is 19.3 Å². The van der Waals surface area contributed by atoms with Crippen LogP contribution in [0.15, 0.2) is 48.5 Å². The average Bonchev–Trinajstić information content (AvgIpc) is 3.48. The Balaban J connectivity index is 1.49. The lowest BCUT2D eigenvalue weighted by molar-refractivity contribution is -0.117. The molecule has 2 N–H and O–H groups in total. The summed E-state index contributed by atoms with van der Waals surface area (Å²) in [6.07, 6.45) is 10.6. The maximum Gasteiger partial charge on any atom is 0.274 e. The molecule has 9 nitrogen and oxygen atoms in total. The summed E-state index contributed by atoms with van der Waals surface area (Å²) < 4.78 is 1.66. The molecule has 2 aliphatic rings. The van der Waals surface area contributed by atoms with Crippen LogP contribution in [-0.2, 0) is 17.8 Å². The number of nitrogens with one attached hydrogen (secondary N) is 1. The number of aromatic nitrogens is 2. The Labute approximate surface area is 279 Å². The third-order valence-electron chi connectivity index (χ3n) is 9.72. The van der Waals surface area contributed by atoms with Crippen LogP contribution >= 0.6 is 0 Å². The lowest BCUT2D eigenvalue weighted by Gasteiger charge is -2.36. The highest BCUT2D eigenvalue weighted by Crippen LogP contribution is 2.30. The van der Waals surface area contributed by atoms with E-state index in [1.54, 1.807) is 33.8 Å². The van der Waals surface area contributed by atoms with Gasteiger partial charge in [0, 0.05) is 37.4 Å². The molecule has 5 rings (SSSR count). The Morgan fingerprint density at radius 1 is 0.957 bits per heavy atom. The maximum atomic E-state index is 14.5. The molecule has 3 aromatic rings. The van der Waals surface area contributed by atoms with Crippen LogP contribution in [0.25, 0.3) is 5.69 Å².